The van der Waals surface area contributed by atoms with Crippen molar-refractivity contribution in [3.8, 4) is 22.9 Å². The molecule has 136 valence electrons. The Kier molecular flexibility index (Phi) is 5.79. The smallest absolute Gasteiger partial charge is 0.310 e. The van der Waals surface area contributed by atoms with E-state index in [1.165, 1.54) is 11.8 Å². The number of ether oxygens (including phenoxy) is 1. The fraction of sp³-hybridized carbons (Fsp3) is 0.176. The first-order valence-electron chi connectivity index (χ1n) is 7.72. The van der Waals surface area contributed by atoms with Crippen LogP contribution < -0.4 is 8.92 Å². The van der Waals surface area contributed by atoms with Crippen molar-refractivity contribution >= 4 is 21.9 Å². The molecule has 0 saturated carbocycles. The molecule has 0 bridgehead atoms. The molecule has 1 aromatic heterocycles. The number of rotatable bonds is 8. The Morgan fingerprint density at radius 1 is 1.04 bits per heavy atom. The zero-order chi connectivity index (χ0) is 18.4. The SMILES string of the molecule is COc1ccc(-c2nc(SCCS(=O)(=O)Oc3ccccc3)n[nH]2)cc1. The van der Waals surface area contributed by atoms with Gasteiger partial charge in [0.2, 0.25) is 5.16 Å². The molecule has 0 fully saturated rings. The number of aromatic nitrogens is 3. The summed E-state index contributed by atoms with van der Waals surface area (Å²) in [4.78, 5) is 4.36. The number of para-hydroxylation sites is 1. The number of benzene rings is 2. The van der Waals surface area contributed by atoms with Gasteiger partial charge < -0.3 is 8.92 Å². The summed E-state index contributed by atoms with van der Waals surface area (Å²) in [6, 6.07) is 15.8. The Balaban J connectivity index is 1.54. The van der Waals surface area contributed by atoms with Gasteiger partial charge in [-0.15, -0.1) is 5.10 Å². The van der Waals surface area contributed by atoms with Crippen molar-refractivity contribution in [2.45, 2.75) is 5.16 Å². The fourth-order valence-corrected chi connectivity index (χ4v) is 4.17. The molecule has 0 aliphatic carbocycles. The summed E-state index contributed by atoms with van der Waals surface area (Å²) in [5.74, 6) is 1.82. The lowest BCUT2D eigenvalue weighted by atomic mass is 10.2. The normalized spacial score (nSPS) is 11.3. The third-order valence-corrected chi connectivity index (χ3v) is 5.62. The molecule has 0 saturated heterocycles. The van der Waals surface area contributed by atoms with Gasteiger partial charge in [-0.1, -0.05) is 30.0 Å². The molecule has 0 aliphatic heterocycles. The second kappa shape index (κ2) is 8.24. The quantitative estimate of drug-likeness (QED) is 0.466. The third-order valence-electron chi connectivity index (χ3n) is 3.36. The lowest BCUT2D eigenvalue weighted by molar-refractivity contribution is 0.415. The summed E-state index contributed by atoms with van der Waals surface area (Å²) in [6.45, 7) is 0. The van der Waals surface area contributed by atoms with Gasteiger partial charge in [0.15, 0.2) is 5.82 Å². The number of hydrogen-bond donors (Lipinski definition) is 1. The van der Waals surface area contributed by atoms with Crippen LogP contribution in [0.25, 0.3) is 11.4 Å². The van der Waals surface area contributed by atoms with Crippen molar-refractivity contribution in [3.05, 3.63) is 54.6 Å². The van der Waals surface area contributed by atoms with Crippen LogP contribution in [0.3, 0.4) is 0 Å². The van der Waals surface area contributed by atoms with Gasteiger partial charge in [0.25, 0.3) is 0 Å². The van der Waals surface area contributed by atoms with E-state index in [-0.39, 0.29) is 11.5 Å². The van der Waals surface area contributed by atoms with Crippen LogP contribution in [0, 0.1) is 0 Å². The number of aromatic amines is 1. The van der Waals surface area contributed by atoms with E-state index >= 15 is 0 Å². The van der Waals surface area contributed by atoms with E-state index in [1.54, 1.807) is 37.4 Å². The molecule has 0 spiro atoms. The molecule has 26 heavy (non-hydrogen) atoms. The van der Waals surface area contributed by atoms with Crippen molar-refractivity contribution in [1.29, 1.82) is 0 Å². The largest absolute Gasteiger partial charge is 0.497 e. The Labute approximate surface area is 155 Å². The molecule has 9 heteroatoms. The first kappa shape index (κ1) is 18.3. The monoisotopic (exact) mass is 391 g/mol. The van der Waals surface area contributed by atoms with Gasteiger partial charge >= 0.3 is 10.1 Å². The molecular formula is C17H17N3O4S2. The minimum atomic E-state index is -3.66. The highest BCUT2D eigenvalue weighted by atomic mass is 32.2. The summed E-state index contributed by atoms with van der Waals surface area (Å²) < 4.78 is 34.1. The van der Waals surface area contributed by atoms with Crippen LogP contribution in [-0.2, 0) is 10.1 Å². The fourth-order valence-electron chi connectivity index (χ4n) is 2.09. The number of nitrogens with zero attached hydrogens (tertiary/aromatic N) is 2. The molecule has 0 radical (unpaired) electrons. The van der Waals surface area contributed by atoms with Crippen molar-refractivity contribution in [2.24, 2.45) is 0 Å². The summed E-state index contributed by atoms with van der Waals surface area (Å²) in [6.07, 6.45) is 0. The van der Waals surface area contributed by atoms with E-state index < -0.39 is 10.1 Å². The number of nitrogens with one attached hydrogen (secondary N) is 1. The summed E-state index contributed by atoms with van der Waals surface area (Å²) in [5.41, 5.74) is 0.866. The zero-order valence-electron chi connectivity index (χ0n) is 14.0. The maximum atomic E-state index is 12.0. The molecule has 7 nitrogen and oxygen atoms in total. The van der Waals surface area contributed by atoms with E-state index in [4.69, 9.17) is 8.92 Å². The third kappa shape index (κ3) is 4.99. The maximum absolute atomic E-state index is 12.0. The van der Waals surface area contributed by atoms with Gasteiger partial charge in [0.1, 0.15) is 11.5 Å². The molecule has 3 rings (SSSR count). The van der Waals surface area contributed by atoms with Crippen molar-refractivity contribution in [3.63, 3.8) is 0 Å². The minimum Gasteiger partial charge on any atom is -0.497 e. The average molecular weight is 391 g/mol. The second-order valence-electron chi connectivity index (χ2n) is 5.20. The van der Waals surface area contributed by atoms with E-state index in [9.17, 15) is 8.42 Å². The van der Waals surface area contributed by atoms with Crippen LogP contribution in [0.4, 0.5) is 0 Å². The predicted molar refractivity (Wildman–Crippen MR) is 100.0 cm³/mol. The lowest BCUT2D eigenvalue weighted by Gasteiger charge is -2.05. The van der Waals surface area contributed by atoms with Crippen LogP contribution in [0.2, 0.25) is 0 Å². The molecule has 0 unspecified atom stereocenters. The minimum absolute atomic E-state index is 0.140. The van der Waals surface area contributed by atoms with Gasteiger partial charge in [-0.05, 0) is 36.4 Å². The van der Waals surface area contributed by atoms with Crippen molar-refractivity contribution < 1.29 is 17.3 Å². The molecule has 1 N–H and O–H groups in total. The highest BCUT2D eigenvalue weighted by Gasteiger charge is 2.14. The predicted octanol–water partition coefficient (Wildman–Crippen LogP) is 2.98. The van der Waals surface area contributed by atoms with E-state index in [1.807, 2.05) is 24.3 Å². The highest BCUT2D eigenvalue weighted by Crippen LogP contribution is 2.22. The van der Waals surface area contributed by atoms with Crippen LogP contribution in [0.15, 0.2) is 59.8 Å². The number of hydrogen-bond acceptors (Lipinski definition) is 7. The maximum Gasteiger partial charge on any atom is 0.310 e. The molecule has 0 aliphatic rings. The van der Waals surface area contributed by atoms with Gasteiger partial charge in [0.05, 0.1) is 12.9 Å². The number of thioether (sulfide) groups is 1. The van der Waals surface area contributed by atoms with Crippen LogP contribution >= 0.6 is 11.8 Å². The Morgan fingerprint density at radius 3 is 2.46 bits per heavy atom. The zero-order valence-corrected chi connectivity index (χ0v) is 15.6. The highest BCUT2D eigenvalue weighted by molar-refractivity contribution is 8.00. The lowest BCUT2D eigenvalue weighted by Crippen LogP contribution is -2.15. The van der Waals surface area contributed by atoms with Crippen LogP contribution in [0.5, 0.6) is 11.5 Å². The van der Waals surface area contributed by atoms with E-state index in [0.717, 1.165) is 11.3 Å². The van der Waals surface area contributed by atoms with Crippen LogP contribution in [-0.4, -0.2) is 42.2 Å². The second-order valence-corrected chi connectivity index (χ2v) is 7.95. The Morgan fingerprint density at radius 2 is 1.77 bits per heavy atom. The standard InChI is InChI=1S/C17H17N3O4S2/c1-23-14-9-7-13(8-10-14)16-18-17(20-19-16)25-11-12-26(21,22)24-15-5-3-2-4-6-15/h2-10H,11-12H2,1H3,(H,18,19,20). The number of methoxy groups -OCH3 is 1. The number of H-pyrrole nitrogens is 1. The Hall–Kier alpha value is -2.52. The molecular weight excluding hydrogens is 374 g/mol. The van der Waals surface area contributed by atoms with Gasteiger partial charge in [-0.2, -0.15) is 8.42 Å². The Bertz CT molecular complexity index is 942. The van der Waals surface area contributed by atoms with E-state index in [2.05, 4.69) is 15.2 Å². The first-order chi connectivity index (χ1) is 12.6. The first-order valence-corrected chi connectivity index (χ1v) is 10.3. The molecule has 3 aromatic rings. The van der Waals surface area contributed by atoms with Gasteiger partial charge in [0, 0.05) is 11.3 Å². The van der Waals surface area contributed by atoms with Gasteiger partial charge in [-0.25, -0.2) is 4.98 Å². The molecule has 0 amide bonds. The molecule has 0 atom stereocenters. The molecule has 2 aromatic carbocycles. The molecule has 1 heterocycles. The summed E-state index contributed by atoms with van der Waals surface area (Å²) in [5, 5.41) is 7.42. The van der Waals surface area contributed by atoms with Crippen molar-refractivity contribution in [2.75, 3.05) is 18.6 Å². The summed E-state index contributed by atoms with van der Waals surface area (Å²) >= 11 is 1.24. The van der Waals surface area contributed by atoms with Crippen molar-refractivity contribution in [1.82, 2.24) is 15.2 Å². The topological polar surface area (TPSA) is 94.2 Å². The van der Waals surface area contributed by atoms with Gasteiger partial charge in [-0.3, -0.25) is 5.10 Å². The van der Waals surface area contributed by atoms with E-state index in [0.29, 0.717) is 16.7 Å². The summed E-state index contributed by atoms with van der Waals surface area (Å²) in [7, 11) is -2.05. The van der Waals surface area contributed by atoms with Crippen LogP contribution in [0.1, 0.15) is 0 Å². The average Bonchev–Trinajstić information content (AvgIpc) is 3.11.